The monoisotopic (exact) mass is 509 g/mol. The Morgan fingerprint density at radius 2 is 1.92 bits per heavy atom. The van der Waals surface area contributed by atoms with Crippen molar-refractivity contribution in [3.8, 4) is 23.1 Å². The molecule has 0 radical (unpaired) electrons. The van der Waals surface area contributed by atoms with Crippen LogP contribution in [-0.2, 0) is 4.79 Å². The summed E-state index contributed by atoms with van der Waals surface area (Å²) >= 11 is 0. The summed E-state index contributed by atoms with van der Waals surface area (Å²) in [6, 6.07) is 13.0. The van der Waals surface area contributed by atoms with Gasteiger partial charge in [-0.1, -0.05) is 18.2 Å². The van der Waals surface area contributed by atoms with Crippen LogP contribution in [0.25, 0.3) is 28.7 Å². The number of aryl methyl sites for hydroxylation is 2. The number of nitrogens with one attached hydrogen (secondary N) is 2. The van der Waals surface area contributed by atoms with Gasteiger partial charge in [0.25, 0.3) is 5.56 Å². The first-order valence-corrected chi connectivity index (χ1v) is 11.9. The molecule has 0 spiro atoms. The lowest BCUT2D eigenvalue weighted by Gasteiger charge is -2.10. The second-order valence-electron chi connectivity index (χ2n) is 8.92. The number of aromatic amines is 1. The summed E-state index contributed by atoms with van der Waals surface area (Å²) in [6.45, 7) is 5.97. The highest BCUT2D eigenvalue weighted by Gasteiger charge is 2.18. The molecule has 0 fully saturated rings. The smallest absolute Gasteiger partial charge is 0.263 e. The van der Waals surface area contributed by atoms with Crippen LogP contribution >= 0.6 is 0 Å². The van der Waals surface area contributed by atoms with Gasteiger partial charge >= 0.3 is 0 Å². The minimum atomic E-state index is -0.382. The van der Waals surface area contributed by atoms with Crippen molar-refractivity contribution in [1.29, 1.82) is 0 Å². The Labute approximate surface area is 216 Å². The lowest BCUT2D eigenvalue weighted by atomic mass is 10.1. The van der Waals surface area contributed by atoms with Gasteiger partial charge in [0.2, 0.25) is 18.6 Å². The summed E-state index contributed by atoms with van der Waals surface area (Å²) in [5, 5.41) is 12.0. The second-order valence-corrected chi connectivity index (χ2v) is 8.92. The first kappa shape index (κ1) is 23.2. The van der Waals surface area contributed by atoms with Crippen LogP contribution in [0.5, 0.6) is 11.5 Å². The third kappa shape index (κ3) is 4.09. The summed E-state index contributed by atoms with van der Waals surface area (Å²) in [7, 11) is 0. The van der Waals surface area contributed by atoms with Gasteiger partial charge in [-0.2, -0.15) is 19.9 Å². The normalized spacial score (nSPS) is 12.5. The third-order valence-electron chi connectivity index (χ3n) is 6.34. The number of hydrogen-bond acceptors (Lipinski definition) is 7. The van der Waals surface area contributed by atoms with Crippen LogP contribution in [0.3, 0.4) is 0 Å². The van der Waals surface area contributed by atoms with Crippen molar-refractivity contribution in [3.63, 3.8) is 0 Å². The topological polar surface area (TPSA) is 129 Å². The van der Waals surface area contributed by atoms with Crippen molar-refractivity contribution in [2.45, 2.75) is 20.8 Å². The van der Waals surface area contributed by atoms with E-state index in [1.54, 1.807) is 35.9 Å². The molecule has 5 aromatic rings. The van der Waals surface area contributed by atoms with Crippen LogP contribution in [0.1, 0.15) is 22.4 Å². The van der Waals surface area contributed by atoms with Crippen molar-refractivity contribution in [2.24, 2.45) is 0 Å². The minimum Gasteiger partial charge on any atom is -0.454 e. The average Bonchev–Trinajstić information content (AvgIpc) is 3.62. The number of anilines is 1. The number of benzene rings is 2. The van der Waals surface area contributed by atoms with Gasteiger partial charge in [-0.3, -0.25) is 14.6 Å². The van der Waals surface area contributed by atoms with Crippen LogP contribution in [0.4, 0.5) is 5.82 Å². The number of fused-ring (bicyclic) bond motifs is 2. The molecule has 4 heterocycles. The Kier molecular flexibility index (Phi) is 5.52. The molecule has 0 saturated carbocycles. The maximum Gasteiger partial charge on any atom is 0.263 e. The third-order valence-corrected chi connectivity index (χ3v) is 6.34. The van der Waals surface area contributed by atoms with E-state index in [2.05, 4.69) is 25.5 Å². The number of H-pyrrole nitrogens is 1. The Hall–Kier alpha value is -5.19. The molecule has 6 rings (SSSR count). The number of hydrogen-bond donors (Lipinski definition) is 2. The van der Waals surface area contributed by atoms with Crippen LogP contribution in [-0.4, -0.2) is 42.2 Å². The molecular weight excluding hydrogens is 486 g/mol. The fourth-order valence-electron chi connectivity index (χ4n) is 4.26. The van der Waals surface area contributed by atoms with Gasteiger partial charge in [0.15, 0.2) is 17.1 Å². The van der Waals surface area contributed by atoms with E-state index in [0.717, 1.165) is 22.4 Å². The summed E-state index contributed by atoms with van der Waals surface area (Å²) in [5.74, 6) is 1.42. The molecule has 0 saturated heterocycles. The number of carbonyl (C=O) groups is 1. The van der Waals surface area contributed by atoms with E-state index in [9.17, 15) is 9.59 Å². The van der Waals surface area contributed by atoms with Crippen LogP contribution in [0.15, 0.2) is 59.5 Å². The van der Waals surface area contributed by atoms with E-state index in [-0.39, 0.29) is 24.2 Å². The molecule has 38 heavy (non-hydrogen) atoms. The molecule has 0 aliphatic carbocycles. The predicted octanol–water partition coefficient (Wildman–Crippen LogP) is 3.60. The summed E-state index contributed by atoms with van der Waals surface area (Å²) in [5.41, 5.74) is 4.37. The highest BCUT2D eigenvalue weighted by atomic mass is 16.7. The standard InChI is InChI=1S/C27H23N7O4/c1-15-5-4-6-20(17(15)3)33-25-19(13-28-33)26(36)31-27(30-25)34-23(11-16(2)32-34)29-24(35)10-8-18-7-9-21-22(12-18)38-14-37-21/h4-13H,14H2,1-3H3,(H,29,35)(H,30,31,36)/b10-8-. The predicted molar refractivity (Wildman–Crippen MR) is 141 cm³/mol. The minimum absolute atomic E-state index is 0.151. The maximum atomic E-state index is 12.9. The first-order chi connectivity index (χ1) is 18.4. The Morgan fingerprint density at radius 1 is 1.08 bits per heavy atom. The lowest BCUT2D eigenvalue weighted by Crippen LogP contribution is -2.18. The summed E-state index contributed by atoms with van der Waals surface area (Å²) in [6.07, 6.45) is 4.56. The Morgan fingerprint density at radius 3 is 2.79 bits per heavy atom. The molecule has 0 atom stereocenters. The van der Waals surface area contributed by atoms with E-state index >= 15 is 0 Å². The van der Waals surface area contributed by atoms with Crippen molar-refractivity contribution in [1.82, 2.24) is 29.5 Å². The molecule has 2 N–H and O–H groups in total. The molecule has 0 bridgehead atoms. The molecule has 1 aliphatic heterocycles. The maximum absolute atomic E-state index is 12.9. The van der Waals surface area contributed by atoms with E-state index in [1.807, 2.05) is 38.1 Å². The Balaban J connectivity index is 1.33. The number of aromatic nitrogens is 6. The van der Waals surface area contributed by atoms with Gasteiger partial charge in [0.05, 0.1) is 17.6 Å². The molecular formula is C27H23N7O4. The van der Waals surface area contributed by atoms with E-state index in [0.29, 0.717) is 34.0 Å². The van der Waals surface area contributed by atoms with E-state index in [4.69, 9.17) is 9.47 Å². The van der Waals surface area contributed by atoms with Crippen molar-refractivity contribution < 1.29 is 14.3 Å². The molecule has 2 aromatic carbocycles. The van der Waals surface area contributed by atoms with Crippen molar-refractivity contribution in [2.75, 3.05) is 12.1 Å². The molecule has 3 aromatic heterocycles. The molecule has 1 aliphatic rings. The molecule has 1 amide bonds. The SMILES string of the molecule is Cc1cc(NC(=O)/C=C\c2ccc3c(c2)OCO3)n(-c2nc3c(cnn3-c3cccc(C)c3C)c(=O)[nH]2)n1. The zero-order valence-corrected chi connectivity index (χ0v) is 20.8. The second kappa shape index (κ2) is 9.04. The van der Waals surface area contributed by atoms with Gasteiger partial charge in [-0.25, -0.2) is 4.68 Å². The summed E-state index contributed by atoms with van der Waals surface area (Å²) in [4.78, 5) is 33.1. The highest BCUT2D eigenvalue weighted by molar-refractivity contribution is 6.01. The fraction of sp³-hybridized carbons (Fsp3) is 0.148. The van der Waals surface area contributed by atoms with E-state index < -0.39 is 0 Å². The van der Waals surface area contributed by atoms with Crippen molar-refractivity contribution in [3.05, 3.63) is 87.5 Å². The van der Waals surface area contributed by atoms with Gasteiger partial charge in [-0.15, -0.1) is 0 Å². The fourth-order valence-corrected chi connectivity index (χ4v) is 4.26. The number of amides is 1. The van der Waals surface area contributed by atoms with Crippen LogP contribution < -0.4 is 20.3 Å². The van der Waals surface area contributed by atoms with Crippen LogP contribution in [0.2, 0.25) is 0 Å². The molecule has 0 unspecified atom stereocenters. The number of carbonyl (C=O) groups excluding carboxylic acids is 1. The van der Waals surface area contributed by atoms with Gasteiger partial charge in [-0.05, 0) is 61.7 Å². The number of rotatable bonds is 5. The highest BCUT2D eigenvalue weighted by Crippen LogP contribution is 2.32. The van der Waals surface area contributed by atoms with Gasteiger partial charge < -0.3 is 14.8 Å². The first-order valence-electron chi connectivity index (χ1n) is 11.9. The zero-order valence-electron chi connectivity index (χ0n) is 20.8. The van der Waals surface area contributed by atoms with Crippen LogP contribution in [0, 0.1) is 20.8 Å². The molecule has 11 heteroatoms. The zero-order chi connectivity index (χ0) is 26.4. The summed E-state index contributed by atoms with van der Waals surface area (Å²) < 4.78 is 13.7. The lowest BCUT2D eigenvalue weighted by molar-refractivity contribution is -0.111. The van der Waals surface area contributed by atoms with Crippen molar-refractivity contribution >= 4 is 28.8 Å². The largest absolute Gasteiger partial charge is 0.454 e. The Bertz CT molecular complexity index is 1810. The van der Waals surface area contributed by atoms with Gasteiger partial charge in [0.1, 0.15) is 11.2 Å². The number of nitrogens with zero attached hydrogens (tertiary/aromatic N) is 5. The molecule has 190 valence electrons. The number of ether oxygens (including phenoxy) is 2. The average molecular weight is 510 g/mol. The van der Waals surface area contributed by atoms with E-state index in [1.165, 1.54) is 17.0 Å². The van der Waals surface area contributed by atoms with Gasteiger partial charge in [0, 0.05) is 12.1 Å². The molecule has 11 nitrogen and oxygen atoms in total. The quantitative estimate of drug-likeness (QED) is 0.346.